The molecule has 24 heavy (non-hydrogen) atoms. The lowest BCUT2D eigenvalue weighted by molar-refractivity contribution is 0.623. The molecule has 0 saturated carbocycles. The van der Waals surface area contributed by atoms with Crippen molar-refractivity contribution in [1.29, 1.82) is 0 Å². The highest BCUT2D eigenvalue weighted by Gasteiger charge is 2.03. The summed E-state index contributed by atoms with van der Waals surface area (Å²) < 4.78 is 13.1. The highest BCUT2D eigenvalue weighted by Crippen LogP contribution is 2.25. The van der Waals surface area contributed by atoms with Gasteiger partial charge in [-0.1, -0.05) is 42.0 Å². The summed E-state index contributed by atoms with van der Waals surface area (Å²) in [6, 6.07) is 8.51. The first kappa shape index (κ1) is 18.2. The number of anilines is 1. The number of rotatable bonds is 7. The van der Waals surface area contributed by atoms with Gasteiger partial charge in [0, 0.05) is 31.9 Å². The Morgan fingerprint density at radius 2 is 2.17 bits per heavy atom. The van der Waals surface area contributed by atoms with Gasteiger partial charge in [-0.3, -0.25) is 0 Å². The molecular formula is C19H21ClFN3. The minimum Gasteiger partial charge on any atom is -0.373 e. The second kappa shape index (κ2) is 9.21. The smallest absolute Gasteiger partial charge is 0.126 e. The number of nitrogens with zero attached hydrogens (tertiary/aromatic N) is 1. The van der Waals surface area contributed by atoms with E-state index >= 15 is 0 Å². The van der Waals surface area contributed by atoms with Gasteiger partial charge in [-0.25, -0.2) is 9.37 Å². The molecule has 0 saturated heterocycles. The Balaban J connectivity index is 1.87. The molecule has 0 aliphatic heterocycles. The number of pyridine rings is 1. The SMILES string of the molecule is CNc1cc(/C(C)=C/C=C\CNCc2cccc(F)c2)c(Cl)cn1. The quantitative estimate of drug-likeness (QED) is 0.566. The van der Waals surface area contributed by atoms with Crippen molar-refractivity contribution in [3.8, 4) is 0 Å². The molecule has 1 aromatic carbocycles. The van der Waals surface area contributed by atoms with Gasteiger partial charge in [-0.2, -0.15) is 0 Å². The van der Waals surface area contributed by atoms with E-state index in [9.17, 15) is 4.39 Å². The van der Waals surface area contributed by atoms with Gasteiger partial charge < -0.3 is 10.6 Å². The number of benzene rings is 1. The molecule has 126 valence electrons. The van der Waals surface area contributed by atoms with Crippen LogP contribution in [0.15, 0.2) is 54.8 Å². The number of halogens is 2. The molecule has 0 unspecified atom stereocenters. The Kier molecular flexibility index (Phi) is 6.97. The Morgan fingerprint density at radius 1 is 1.33 bits per heavy atom. The van der Waals surface area contributed by atoms with E-state index < -0.39 is 0 Å². The third kappa shape index (κ3) is 5.48. The summed E-state index contributed by atoms with van der Waals surface area (Å²) in [5.41, 5.74) is 2.94. The summed E-state index contributed by atoms with van der Waals surface area (Å²) in [6.45, 7) is 3.34. The van der Waals surface area contributed by atoms with Crippen LogP contribution in [-0.4, -0.2) is 18.6 Å². The zero-order chi connectivity index (χ0) is 17.4. The molecule has 0 aliphatic rings. The number of nitrogens with one attached hydrogen (secondary N) is 2. The Bertz CT molecular complexity index is 741. The molecule has 1 aromatic heterocycles. The maximum Gasteiger partial charge on any atom is 0.126 e. The molecule has 0 fully saturated rings. The Hall–Kier alpha value is -2.17. The second-order valence-electron chi connectivity index (χ2n) is 5.34. The fourth-order valence-electron chi connectivity index (χ4n) is 2.19. The summed E-state index contributed by atoms with van der Waals surface area (Å²) in [5.74, 6) is 0.571. The normalized spacial score (nSPS) is 11.9. The van der Waals surface area contributed by atoms with Gasteiger partial charge in [-0.15, -0.1) is 0 Å². The minimum absolute atomic E-state index is 0.210. The number of hydrogen-bond acceptors (Lipinski definition) is 3. The summed E-state index contributed by atoms with van der Waals surface area (Å²) in [5, 5.41) is 6.87. The maximum atomic E-state index is 13.1. The van der Waals surface area contributed by atoms with E-state index in [1.165, 1.54) is 12.1 Å². The molecule has 3 nitrogen and oxygen atoms in total. The summed E-state index contributed by atoms with van der Waals surface area (Å²) in [7, 11) is 1.82. The molecule has 5 heteroatoms. The molecule has 0 radical (unpaired) electrons. The van der Waals surface area contributed by atoms with E-state index in [4.69, 9.17) is 11.6 Å². The summed E-state index contributed by atoms with van der Waals surface area (Å²) >= 11 is 6.19. The van der Waals surface area contributed by atoms with Gasteiger partial charge in [0.1, 0.15) is 11.6 Å². The molecular weight excluding hydrogens is 325 g/mol. The molecule has 0 bridgehead atoms. The highest BCUT2D eigenvalue weighted by molar-refractivity contribution is 6.32. The molecule has 2 N–H and O–H groups in total. The topological polar surface area (TPSA) is 37.0 Å². The molecule has 0 amide bonds. The fourth-order valence-corrected chi connectivity index (χ4v) is 2.45. The number of aromatic nitrogens is 1. The van der Waals surface area contributed by atoms with E-state index in [1.54, 1.807) is 12.3 Å². The monoisotopic (exact) mass is 345 g/mol. The number of allylic oxidation sites excluding steroid dienone is 3. The van der Waals surface area contributed by atoms with Crippen LogP contribution in [0.4, 0.5) is 10.2 Å². The first-order chi connectivity index (χ1) is 11.6. The minimum atomic E-state index is -0.210. The van der Waals surface area contributed by atoms with Gasteiger partial charge in [0.05, 0.1) is 5.02 Å². The van der Waals surface area contributed by atoms with Gasteiger partial charge in [0.25, 0.3) is 0 Å². The fraction of sp³-hybridized carbons (Fsp3) is 0.211. The molecule has 1 heterocycles. The zero-order valence-corrected chi connectivity index (χ0v) is 14.6. The van der Waals surface area contributed by atoms with Gasteiger partial charge in [0.15, 0.2) is 0 Å². The van der Waals surface area contributed by atoms with Gasteiger partial charge in [-0.05, 0) is 36.3 Å². The third-order valence-electron chi connectivity index (χ3n) is 3.50. The van der Waals surface area contributed by atoms with Crippen molar-refractivity contribution in [1.82, 2.24) is 10.3 Å². The van der Waals surface area contributed by atoms with Crippen LogP contribution in [0.5, 0.6) is 0 Å². The zero-order valence-electron chi connectivity index (χ0n) is 13.8. The van der Waals surface area contributed by atoms with Crippen LogP contribution >= 0.6 is 11.6 Å². The van der Waals surface area contributed by atoms with Crippen molar-refractivity contribution >= 4 is 23.0 Å². The summed E-state index contributed by atoms with van der Waals surface area (Å²) in [6.07, 6.45) is 7.63. The molecule has 0 spiro atoms. The van der Waals surface area contributed by atoms with E-state index in [0.29, 0.717) is 18.1 Å². The van der Waals surface area contributed by atoms with Crippen molar-refractivity contribution in [3.63, 3.8) is 0 Å². The van der Waals surface area contributed by atoms with E-state index in [0.717, 1.165) is 22.5 Å². The third-order valence-corrected chi connectivity index (χ3v) is 3.80. The lowest BCUT2D eigenvalue weighted by Gasteiger charge is -2.06. The largest absolute Gasteiger partial charge is 0.373 e. The average Bonchev–Trinajstić information content (AvgIpc) is 2.58. The summed E-state index contributed by atoms with van der Waals surface area (Å²) in [4.78, 5) is 4.17. The Labute approximate surface area is 147 Å². The van der Waals surface area contributed by atoms with E-state index in [-0.39, 0.29) is 5.82 Å². The van der Waals surface area contributed by atoms with Crippen molar-refractivity contribution in [2.24, 2.45) is 0 Å². The lowest BCUT2D eigenvalue weighted by Crippen LogP contribution is -2.12. The van der Waals surface area contributed by atoms with E-state index in [1.807, 2.05) is 44.3 Å². The van der Waals surface area contributed by atoms with Crippen LogP contribution < -0.4 is 10.6 Å². The average molecular weight is 346 g/mol. The van der Waals surface area contributed by atoms with Crippen LogP contribution in [0.25, 0.3) is 5.57 Å². The maximum absolute atomic E-state index is 13.1. The van der Waals surface area contributed by atoms with Crippen molar-refractivity contribution in [2.75, 3.05) is 18.9 Å². The van der Waals surface area contributed by atoms with Crippen LogP contribution in [-0.2, 0) is 6.54 Å². The predicted octanol–water partition coefficient (Wildman–Crippen LogP) is 4.67. The molecule has 0 atom stereocenters. The van der Waals surface area contributed by atoms with Crippen LogP contribution in [0.3, 0.4) is 0 Å². The van der Waals surface area contributed by atoms with Crippen LogP contribution in [0, 0.1) is 5.82 Å². The first-order valence-corrected chi connectivity index (χ1v) is 8.10. The first-order valence-electron chi connectivity index (χ1n) is 7.72. The molecule has 2 aromatic rings. The van der Waals surface area contributed by atoms with Crippen LogP contribution in [0.2, 0.25) is 5.02 Å². The molecule has 0 aliphatic carbocycles. The van der Waals surface area contributed by atoms with Gasteiger partial charge >= 0.3 is 0 Å². The van der Waals surface area contributed by atoms with Crippen molar-refractivity contribution < 1.29 is 4.39 Å². The van der Waals surface area contributed by atoms with Crippen LogP contribution in [0.1, 0.15) is 18.1 Å². The standard InChI is InChI=1S/C19H21ClFN3/c1-14(17-11-19(22-2)24-13-18(17)20)6-3-4-9-23-12-15-7-5-8-16(21)10-15/h3-8,10-11,13,23H,9,12H2,1-2H3,(H,22,24)/b4-3-,14-6+. The van der Waals surface area contributed by atoms with Gasteiger partial charge in [0.2, 0.25) is 0 Å². The van der Waals surface area contributed by atoms with Crippen molar-refractivity contribution in [3.05, 3.63) is 76.7 Å². The lowest BCUT2D eigenvalue weighted by atomic mass is 10.1. The Morgan fingerprint density at radius 3 is 2.92 bits per heavy atom. The van der Waals surface area contributed by atoms with Crippen molar-refractivity contribution in [2.45, 2.75) is 13.5 Å². The predicted molar refractivity (Wildman–Crippen MR) is 99.7 cm³/mol. The highest BCUT2D eigenvalue weighted by atomic mass is 35.5. The second-order valence-corrected chi connectivity index (χ2v) is 5.75. The molecule has 2 rings (SSSR count). The van der Waals surface area contributed by atoms with E-state index in [2.05, 4.69) is 15.6 Å². The number of hydrogen-bond donors (Lipinski definition) is 2.